The van der Waals surface area contributed by atoms with Crippen LogP contribution < -0.4 is 0 Å². The lowest BCUT2D eigenvalue weighted by molar-refractivity contribution is -0.137. The first-order chi connectivity index (χ1) is 5.42. The van der Waals surface area contributed by atoms with Crippen molar-refractivity contribution in [2.45, 2.75) is 45.3 Å². The van der Waals surface area contributed by atoms with E-state index in [1.807, 2.05) is 20.8 Å². The summed E-state index contributed by atoms with van der Waals surface area (Å²) in [5, 5.41) is 8.35. The van der Waals surface area contributed by atoms with E-state index in [0.717, 1.165) is 12.5 Å². The number of carboxylic acid groups (broad SMARTS) is 1. The van der Waals surface area contributed by atoms with Crippen molar-refractivity contribution in [1.29, 1.82) is 0 Å². The molecule has 0 unspecified atom stereocenters. The average molecular weight is 190 g/mol. The zero-order valence-corrected chi connectivity index (χ0v) is 9.51. The summed E-state index contributed by atoms with van der Waals surface area (Å²) in [5.74, 6) is -0.709. The van der Waals surface area contributed by atoms with Gasteiger partial charge in [-0.15, -0.1) is 0 Å². The van der Waals surface area contributed by atoms with Crippen molar-refractivity contribution in [3.05, 3.63) is 0 Å². The van der Waals surface area contributed by atoms with E-state index < -0.39 is 15.7 Å². The van der Waals surface area contributed by atoms with Gasteiger partial charge in [-0.3, -0.25) is 4.79 Å². The lowest BCUT2D eigenvalue weighted by atomic mass is 10.2. The number of hydrogen-bond donors (Lipinski definition) is 1. The molecule has 0 rings (SSSR count). The molecule has 3 nitrogen and oxygen atoms in total. The van der Waals surface area contributed by atoms with E-state index in [1.54, 1.807) is 0 Å². The molecule has 0 aliphatic rings. The zero-order chi connectivity index (χ0) is 9.61. The minimum Gasteiger partial charge on any atom is -0.481 e. The summed E-state index contributed by atoms with van der Waals surface area (Å²) in [6.45, 7) is 6.07. The summed E-state index contributed by atoms with van der Waals surface area (Å²) in [6, 6.07) is 0.962. The van der Waals surface area contributed by atoms with Gasteiger partial charge in [-0.25, -0.2) is 0 Å². The monoisotopic (exact) mass is 190 g/mol. The Morgan fingerprint density at radius 2 is 2.08 bits per heavy atom. The van der Waals surface area contributed by atoms with E-state index in [1.165, 1.54) is 0 Å². The molecule has 0 saturated heterocycles. The van der Waals surface area contributed by atoms with Crippen LogP contribution in [0, 0.1) is 0 Å². The second-order valence-corrected chi connectivity index (χ2v) is 5.22. The van der Waals surface area contributed by atoms with Gasteiger partial charge < -0.3 is 9.53 Å². The van der Waals surface area contributed by atoms with Gasteiger partial charge in [-0.1, -0.05) is 0 Å². The van der Waals surface area contributed by atoms with Gasteiger partial charge in [0.15, 0.2) is 9.76 Å². The lowest BCUT2D eigenvalue weighted by Gasteiger charge is -2.19. The Balaban J connectivity index is 3.17. The second kappa shape index (κ2) is 5.32. The molecule has 0 saturated carbocycles. The highest BCUT2D eigenvalue weighted by molar-refractivity contribution is 6.27. The van der Waals surface area contributed by atoms with Gasteiger partial charge >= 0.3 is 5.97 Å². The van der Waals surface area contributed by atoms with Gasteiger partial charge in [0, 0.05) is 12.0 Å². The third-order valence-corrected chi connectivity index (χ3v) is 3.18. The standard InChI is InChI=1S/C8H18O3Si/c1-8(2,3)11-12-6-4-5-7(9)10/h4-6,12H2,1-3H3,(H,9,10). The van der Waals surface area contributed by atoms with Crippen molar-refractivity contribution in [2.75, 3.05) is 0 Å². The summed E-state index contributed by atoms with van der Waals surface area (Å²) in [6.07, 6.45) is 1.04. The molecule has 0 atom stereocenters. The first-order valence-corrected chi connectivity index (χ1v) is 5.85. The van der Waals surface area contributed by atoms with E-state index in [0.29, 0.717) is 0 Å². The Morgan fingerprint density at radius 1 is 1.50 bits per heavy atom. The summed E-state index contributed by atoms with van der Waals surface area (Å²) in [4.78, 5) is 10.1. The van der Waals surface area contributed by atoms with Crippen LogP contribution >= 0.6 is 0 Å². The molecule has 0 fully saturated rings. The molecule has 0 amide bonds. The smallest absolute Gasteiger partial charge is 0.303 e. The van der Waals surface area contributed by atoms with Crippen LogP contribution in [0.5, 0.6) is 0 Å². The Bertz CT molecular complexity index is 140. The van der Waals surface area contributed by atoms with Crippen molar-refractivity contribution >= 4 is 15.7 Å². The molecular weight excluding hydrogens is 172 g/mol. The van der Waals surface area contributed by atoms with Gasteiger partial charge in [0.25, 0.3) is 0 Å². The Kier molecular flexibility index (Phi) is 5.16. The van der Waals surface area contributed by atoms with E-state index in [2.05, 4.69) is 0 Å². The first kappa shape index (κ1) is 11.6. The van der Waals surface area contributed by atoms with Crippen molar-refractivity contribution in [1.82, 2.24) is 0 Å². The quantitative estimate of drug-likeness (QED) is 0.523. The molecule has 0 aliphatic heterocycles. The van der Waals surface area contributed by atoms with Crippen LogP contribution in [-0.4, -0.2) is 26.4 Å². The third-order valence-electron chi connectivity index (χ3n) is 1.32. The topological polar surface area (TPSA) is 46.5 Å². The Morgan fingerprint density at radius 3 is 2.50 bits per heavy atom. The van der Waals surface area contributed by atoms with Crippen LogP contribution in [0.2, 0.25) is 6.04 Å². The highest BCUT2D eigenvalue weighted by atomic mass is 28.2. The van der Waals surface area contributed by atoms with Crippen LogP contribution in [0.4, 0.5) is 0 Å². The minimum absolute atomic E-state index is 0.0462. The molecule has 0 aromatic rings. The third kappa shape index (κ3) is 9.65. The zero-order valence-electron chi connectivity index (χ0n) is 8.09. The fourth-order valence-electron chi connectivity index (χ4n) is 0.757. The molecule has 0 aliphatic carbocycles. The fourth-order valence-corrected chi connectivity index (χ4v) is 1.97. The molecule has 1 N–H and O–H groups in total. The van der Waals surface area contributed by atoms with Crippen LogP contribution in [0.25, 0.3) is 0 Å². The predicted molar refractivity (Wildman–Crippen MR) is 51.1 cm³/mol. The van der Waals surface area contributed by atoms with Crippen molar-refractivity contribution in [2.24, 2.45) is 0 Å². The van der Waals surface area contributed by atoms with Gasteiger partial charge in [0.2, 0.25) is 0 Å². The normalized spacial score (nSPS) is 12.6. The lowest BCUT2D eigenvalue weighted by Crippen LogP contribution is -2.21. The maximum Gasteiger partial charge on any atom is 0.303 e. The van der Waals surface area contributed by atoms with Gasteiger partial charge in [0.05, 0.1) is 0 Å². The van der Waals surface area contributed by atoms with E-state index in [4.69, 9.17) is 9.53 Å². The van der Waals surface area contributed by atoms with Crippen molar-refractivity contribution in [3.63, 3.8) is 0 Å². The molecule has 0 spiro atoms. The molecule has 0 bridgehead atoms. The average Bonchev–Trinajstić information content (AvgIpc) is 1.83. The summed E-state index contributed by atoms with van der Waals surface area (Å²) in [5.41, 5.74) is -0.0462. The van der Waals surface area contributed by atoms with E-state index >= 15 is 0 Å². The van der Waals surface area contributed by atoms with Crippen LogP contribution in [-0.2, 0) is 9.22 Å². The number of hydrogen-bond acceptors (Lipinski definition) is 2. The van der Waals surface area contributed by atoms with Gasteiger partial charge in [-0.05, 0) is 33.2 Å². The van der Waals surface area contributed by atoms with Gasteiger partial charge in [-0.2, -0.15) is 0 Å². The molecule has 0 aromatic heterocycles. The van der Waals surface area contributed by atoms with Crippen LogP contribution in [0.15, 0.2) is 0 Å². The Labute approximate surface area is 76.1 Å². The molecule has 72 valence electrons. The van der Waals surface area contributed by atoms with Crippen LogP contribution in [0.1, 0.15) is 33.6 Å². The van der Waals surface area contributed by atoms with E-state index in [-0.39, 0.29) is 12.0 Å². The van der Waals surface area contributed by atoms with Crippen molar-refractivity contribution in [3.8, 4) is 0 Å². The largest absolute Gasteiger partial charge is 0.481 e. The summed E-state index contributed by atoms with van der Waals surface area (Å²) in [7, 11) is -0.499. The number of carbonyl (C=O) groups is 1. The molecule has 0 aromatic carbocycles. The number of carboxylic acids is 1. The second-order valence-electron chi connectivity index (χ2n) is 3.81. The SMILES string of the molecule is CC(C)(C)O[SiH2]CCCC(=O)O. The fraction of sp³-hybridized carbons (Fsp3) is 0.875. The highest BCUT2D eigenvalue weighted by Crippen LogP contribution is 2.07. The van der Waals surface area contributed by atoms with E-state index in [9.17, 15) is 4.79 Å². The number of rotatable bonds is 5. The maximum absolute atomic E-state index is 10.1. The van der Waals surface area contributed by atoms with Crippen LogP contribution in [0.3, 0.4) is 0 Å². The summed E-state index contributed by atoms with van der Waals surface area (Å²) < 4.78 is 5.56. The molecule has 0 heterocycles. The molecule has 4 heteroatoms. The molecule has 0 radical (unpaired) electrons. The predicted octanol–water partition coefficient (Wildman–Crippen LogP) is 1.17. The maximum atomic E-state index is 10.1. The number of aliphatic carboxylic acids is 1. The molecule has 12 heavy (non-hydrogen) atoms. The Hall–Kier alpha value is -0.353. The van der Waals surface area contributed by atoms with Gasteiger partial charge in [0.1, 0.15) is 0 Å². The summed E-state index contributed by atoms with van der Waals surface area (Å²) >= 11 is 0. The highest BCUT2D eigenvalue weighted by Gasteiger charge is 2.08. The molecular formula is C8H18O3Si. The van der Waals surface area contributed by atoms with Crippen molar-refractivity contribution < 1.29 is 14.3 Å². The minimum atomic E-state index is -0.709. The first-order valence-electron chi connectivity index (χ1n) is 4.27.